The number of rotatable bonds is 5. The summed E-state index contributed by atoms with van der Waals surface area (Å²) in [5.74, 6) is 2.44. The Morgan fingerprint density at radius 1 is 1.24 bits per heavy atom. The lowest BCUT2D eigenvalue weighted by Gasteiger charge is -2.38. The van der Waals surface area contributed by atoms with Gasteiger partial charge in [-0.15, -0.1) is 11.3 Å². The quantitative estimate of drug-likeness (QED) is 0.571. The number of fused-ring (bicyclic) bond motifs is 1. The van der Waals surface area contributed by atoms with Crippen molar-refractivity contribution in [2.75, 3.05) is 33.3 Å². The number of hydrogen-bond acceptors (Lipinski definition) is 4. The molecule has 1 aromatic heterocycles. The lowest BCUT2D eigenvalue weighted by atomic mass is 9.88. The molecule has 3 atom stereocenters. The second-order valence-corrected chi connectivity index (χ2v) is 8.91. The minimum absolute atomic E-state index is 0.236. The molecule has 0 bridgehead atoms. The van der Waals surface area contributed by atoms with E-state index in [4.69, 9.17) is 9.73 Å². The van der Waals surface area contributed by atoms with Crippen LogP contribution < -0.4 is 15.4 Å². The van der Waals surface area contributed by atoms with Crippen molar-refractivity contribution in [1.82, 2.24) is 15.5 Å². The number of likely N-dealkylation sites (tertiary alicyclic amines) is 1. The molecule has 0 spiro atoms. The molecule has 2 N–H and O–H groups in total. The van der Waals surface area contributed by atoms with Crippen molar-refractivity contribution >= 4 is 17.3 Å². The summed E-state index contributed by atoms with van der Waals surface area (Å²) in [5.41, 5.74) is 1.22. The average Bonchev–Trinajstić information content (AvgIpc) is 3.27. The largest absolute Gasteiger partial charge is 0.493 e. The zero-order valence-corrected chi connectivity index (χ0v) is 18.3. The summed E-state index contributed by atoms with van der Waals surface area (Å²) in [5, 5.41) is 9.30. The molecule has 0 amide bonds. The Kier molecular flexibility index (Phi) is 6.72. The van der Waals surface area contributed by atoms with Gasteiger partial charge in [0.05, 0.1) is 12.6 Å². The van der Waals surface area contributed by atoms with Crippen LogP contribution in [0.1, 0.15) is 48.7 Å². The van der Waals surface area contributed by atoms with Crippen LogP contribution in [-0.4, -0.2) is 44.1 Å². The lowest BCUT2D eigenvalue weighted by molar-refractivity contribution is 0.128. The van der Waals surface area contributed by atoms with Crippen molar-refractivity contribution in [3.8, 4) is 5.75 Å². The van der Waals surface area contributed by atoms with Gasteiger partial charge in [-0.25, -0.2) is 0 Å². The van der Waals surface area contributed by atoms with Gasteiger partial charge in [0.1, 0.15) is 5.75 Å². The summed E-state index contributed by atoms with van der Waals surface area (Å²) in [4.78, 5) is 9.00. The van der Waals surface area contributed by atoms with Gasteiger partial charge in [-0.2, -0.15) is 0 Å². The summed E-state index contributed by atoms with van der Waals surface area (Å²) >= 11 is 1.87. The van der Waals surface area contributed by atoms with Crippen LogP contribution in [0.25, 0.3) is 0 Å². The Morgan fingerprint density at radius 2 is 2.14 bits per heavy atom. The third-order valence-electron chi connectivity index (χ3n) is 5.94. The van der Waals surface area contributed by atoms with E-state index in [0.717, 1.165) is 37.8 Å². The summed E-state index contributed by atoms with van der Waals surface area (Å²) in [6.07, 6.45) is 3.43. The zero-order valence-electron chi connectivity index (χ0n) is 17.4. The standard InChI is InChI=1S/C23H32N4OS/c1-3-24-23(26-19-12-14-28-20-10-5-4-9-18(19)20)25-16-17-8-6-13-27(2)22(17)21-11-7-15-29-21/h4-5,7,9-11,15,17,19,22H,3,6,8,12-14,16H2,1-2H3,(H2,24,25,26). The predicted octanol–water partition coefficient (Wildman–Crippen LogP) is 4.21. The second kappa shape index (κ2) is 9.63. The Hall–Kier alpha value is -2.05. The number of ether oxygens (including phenoxy) is 1. The van der Waals surface area contributed by atoms with Gasteiger partial charge in [0, 0.05) is 36.0 Å². The normalized spacial score (nSPS) is 25.2. The van der Waals surface area contributed by atoms with Crippen LogP contribution >= 0.6 is 11.3 Å². The van der Waals surface area contributed by atoms with E-state index < -0.39 is 0 Å². The van der Waals surface area contributed by atoms with E-state index in [0.29, 0.717) is 12.0 Å². The maximum Gasteiger partial charge on any atom is 0.191 e. The molecule has 0 radical (unpaired) electrons. The molecule has 1 aromatic carbocycles. The molecule has 3 heterocycles. The van der Waals surface area contributed by atoms with Crippen LogP contribution in [-0.2, 0) is 0 Å². The first-order chi connectivity index (χ1) is 14.3. The first kappa shape index (κ1) is 20.2. The predicted molar refractivity (Wildman–Crippen MR) is 121 cm³/mol. The number of thiophene rings is 1. The molecule has 29 heavy (non-hydrogen) atoms. The van der Waals surface area contributed by atoms with Crippen molar-refractivity contribution in [2.45, 2.75) is 38.3 Å². The number of hydrogen-bond donors (Lipinski definition) is 2. The highest BCUT2D eigenvalue weighted by Gasteiger charge is 2.31. The fourth-order valence-corrected chi connectivity index (χ4v) is 5.53. The van der Waals surface area contributed by atoms with Crippen LogP contribution in [0.3, 0.4) is 0 Å². The Labute approximate surface area is 178 Å². The van der Waals surface area contributed by atoms with Gasteiger partial charge in [-0.1, -0.05) is 24.3 Å². The fourth-order valence-electron chi connectivity index (χ4n) is 4.55. The second-order valence-electron chi connectivity index (χ2n) is 7.93. The maximum atomic E-state index is 5.81. The molecule has 3 unspecified atom stereocenters. The molecular weight excluding hydrogens is 380 g/mol. The number of nitrogens with one attached hydrogen (secondary N) is 2. The molecule has 2 aliphatic heterocycles. The van der Waals surface area contributed by atoms with Gasteiger partial charge in [-0.3, -0.25) is 9.89 Å². The van der Waals surface area contributed by atoms with E-state index in [1.807, 2.05) is 17.4 Å². The maximum absolute atomic E-state index is 5.81. The summed E-state index contributed by atoms with van der Waals surface area (Å²) in [6.45, 7) is 5.72. The third kappa shape index (κ3) is 4.75. The Balaban J connectivity index is 1.48. The molecule has 0 aliphatic carbocycles. The number of piperidine rings is 1. The fraction of sp³-hybridized carbons (Fsp3) is 0.522. The zero-order chi connectivity index (χ0) is 20.1. The Morgan fingerprint density at radius 3 is 2.97 bits per heavy atom. The molecule has 2 aliphatic rings. The SMILES string of the molecule is CCNC(=NCC1CCCN(C)C1c1cccs1)NC1CCOc2ccccc21. The number of nitrogens with zero attached hydrogens (tertiary/aromatic N) is 2. The highest BCUT2D eigenvalue weighted by Crippen LogP contribution is 2.37. The number of aliphatic imine (C=N–C) groups is 1. The molecule has 1 fully saturated rings. The first-order valence-corrected chi connectivity index (χ1v) is 11.6. The van der Waals surface area contributed by atoms with Gasteiger partial charge in [0.25, 0.3) is 0 Å². The average molecular weight is 413 g/mol. The monoisotopic (exact) mass is 412 g/mol. The highest BCUT2D eigenvalue weighted by atomic mass is 32.1. The van der Waals surface area contributed by atoms with E-state index in [2.05, 4.69) is 65.2 Å². The summed E-state index contributed by atoms with van der Waals surface area (Å²) < 4.78 is 5.81. The summed E-state index contributed by atoms with van der Waals surface area (Å²) in [6, 6.07) is 13.5. The molecule has 0 saturated carbocycles. The number of para-hydroxylation sites is 1. The van der Waals surface area contributed by atoms with Crippen LogP contribution in [0.4, 0.5) is 0 Å². The molecule has 2 aromatic rings. The summed E-state index contributed by atoms with van der Waals surface area (Å²) in [7, 11) is 2.25. The molecule has 5 nitrogen and oxygen atoms in total. The smallest absolute Gasteiger partial charge is 0.191 e. The van der Waals surface area contributed by atoms with Crippen molar-refractivity contribution in [3.05, 3.63) is 52.2 Å². The van der Waals surface area contributed by atoms with Gasteiger partial charge in [0.15, 0.2) is 5.96 Å². The highest BCUT2D eigenvalue weighted by molar-refractivity contribution is 7.10. The van der Waals surface area contributed by atoms with Gasteiger partial charge in [-0.05, 0) is 56.8 Å². The third-order valence-corrected chi connectivity index (χ3v) is 6.88. The molecule has 6 heteroatoms. The molecular formula is C23H32N4OS. The van der Waals surface area contributed by atoms with Gasteiger partial charge < -0.3 is 15.4 Å². The number of benzene rings is 1. The van der Waals surface area contributed by atoms with E-state index >= 15 is 0 Å². The van der Waals surface area contributed by atoms with Crippen molar-refractivity contribution in [1.29, 1.82) is 0 Å². The minimum atomic E-state index is 0.236. The van der Waals surface area contributed by atoms with Crippen LogP contribution in [0.15, 0.2) is 46.8 Å². The molecule has 1 saturated heterocycles. The van der Waals surface area contributed by atoms with Crippen LogP contribution in [0, 0.1) is 5.92 Å². The number of guanidine groups is 1. The van der Waals surface area contributed by atoms with Crippen molar-refractivity contribution < 1.29 is 4.74 Å². The lowest BCUT2D eigenvalue weighted by Crippen LogP contribution is -2.42. The van der Waals surface area contributed by atoms with Gasteiger partial charge in [0.2, 0.25) is 0 Å². The van der Waals surface area contributed by atoms with Crippen molar-refractivity contribution in [2.24, 2.45) is 10.9 Å². The molecule has 4 rings (SSSR count). The van der Waals surface area contributed by atoms with Gasteiger partial charge >= 0.3 is 0 Å². The van der Waals surface area contributed by atoms with Crippen molar-refractivity contribution in [3.63, 3.8) is 0 Å². The van der Waals surface area contributed by atoms with E-state index in [-0.39, 0.29) is 6.04 Å². The van der Waals surface area contributed by atoms with Crippen LogP contribution in [0.5, 0.6) is 5.75 Å². The van der Waals surface area contributed by atoms with E-state index in [1.165, 1.54) is 29.8 Å². The van der Waals surface area contributed by atoms with Crippen LogP contribution in [0.2, 0.25) is 0 Å². The van der Waals surface area contributed by atoms with E-state index in [9.17, 15) is 0 Å². The first-order valence-electron chi connectivity index (χ1n) is 10.8. The van der Waals surface area contributed by atoms with E-state index in [1.54, 1.807) is 0 Å². The minimum Gasteiger partial charge on any atom is -0.493 e. The topological polar surface area (TPSA) is 48.9 Å². The Bertz CT molecular complexity index is 807. The molecule has 156 valence electrons.